The summed E-state index contributed by atoms with van der Waals surface area (Å²) in [5.41, 5.74) is 2.27. The number of nitriles is 1. The van der Waals surface area contributed by atoms with Crippen LogP contribution < -0.4 is 5.32 Å². The first kappa shape index (κ1) is 20.4. The number of para-hydroxylation sites is 1. The van der Waals surface area contributed by atoms with Crippen molar-refractivity contribution in [3.63, 3.8) is 0 Å². The predicted octanol–water partition coefficient (Wildman–Crippen LogP) is 3.34. The van der Waals surface area contributed by atoms with E-state index in [2.05, 4.69) is 10.3 Å². The molecule has 142 valence electrons. The van der Waals surface area contributed by atoms with E-state index < -0.39 is 5.97 Å². The lowest BCUT2D eigenvalue weighted by Gasteiger charge is -2.16. The lowest BCUT2D eigenvalue weighted by molar-refractivity contribution is -0.140. The van der Waals surface area contributed by atoms with Crippen molar-refractivity contribution in [3.8, 4) is 6.07 Å². The second-order valence-corrected chi connectivity index (χ2v) is 6.24. The molecule has 0 bridgehead atoms. The van der Waals surface area contributed by atoms with Crippen LogP contribution in [0.1, 0.15) is 26.5 Å². The molecule has 27 heavy (non-hydrogen) atoms. The molecule has 0 aliphatic heterocycles. The Kier molecular flexibility index (Phi) is 7.78. The molecular weight excluding hydrogens is 342 g/mol. The van der Waals surface area contributed by atoms with Crippen molar-refractivity contribution in [1.29, 1.82) is 5.26 Å². The van der Waals surface area contributed by atoms with E-state index in [1.807, 2.05) is 63.2 Å². The highest BCUT2D eigenvalue weighted by molar-refractivity contribution is 5.93. The number of carbonyl (C=O) groups excluding carboxylic acids is 1. The summed E-state index contributed by atoms with van der Waals surface area (Å²) in [5.74, 6) is -0.681. The largest absolute Gasteiger partial charge is 0.459 e. The monoisotopic (exact) mass is 367 g/mol. The van der Waals surface area contributed by atoms with Crippen LogP contribution in [-0.4, -0.2) is 30.8 Å². The molecule has 2 rings (SSSR count). The fourth-order valence-electron chi connectivity index (χ4n) is 2.60. The van der Waals surface area contributed by atoms with E-state index in [4.69, 9.17) is 9.47 Å². The van der Waals surface area contributed by atoms with Crippen LogP contribution in [-0.2, 0) is 20.8 Å². The van der Waals surface area contributed by atoms with Crippen LogP contribution in [0, 0.1) is 17.2 Å². The first-order chi connectivity index (χ1) is 13.1. The van der Waals surface area contributed by atoms with Gasteiger partial charge in [0.15, 0.2) is 5.57 Å². The van der Waals surface area contributed by atoms with Crippen LogP contribution in [0.3, 0.4) is 0 Å². The standard InChI is InChI=1S/C21H25N3O3/c1-4-26-11-12-27-21(25)18(13-22)20(15(2)3)23-14-17-10-9-16-7-5-6-8-19(16)24-17/h5-10,15,23H,4,11-12,14H2,1-3H3/b20-18-. The smallest absolute Gasteiger partial charge is 0.350 e. The maximum Gasteiger partial charge on any atom is 0.350 e. The van der Waals surface area contributed by atoms with Gasteiger partial charge >= 0.3 is 5.97 Å². The number of nitrogens with one attached hydrogen (secondary N) is 1. The summed E-state index contributed by atoms with van der Waals surface area (Å²) in [5, 5.41) is 13.7. The molecule has 1 aromatic heterocycles. The van der Waals surface area contributed by atoms with E-state index in [-0.39, 0.29) is 18.1 Å². The molecule has 0 spiro atoms. The highest BCUT2D eigenvalue weighted by Gasteiger charge is 2.19. The zero-order chi connectivity index (χ0) is 19.6. The molecule has 0 aliphatic rings. The number of hydrogen-bond acceptors (Lipinski definition) is 6. The van der Waals surface area contributed by atoms with Gasteiger partial charge in [-0.05, 0) is 25.0 Å². The number of rotatable bonds is 9. The van der Waals surface area contributed by atoms with E-state index in [1.54, 1.807) is 0 Å². The van der Waals surface area contributed by atoms with Crippen molar-refractivity contribution in [2.45, 2.75) is 27.3 Å². The number of benzene rings is 1. The molecule has 1 aromatic carbocycles. The van der Waals surface area contributed by atoms with Gasteiger partial charge in [0.05, 0.1) is 24.4 Å². The zero-order valence-electron chi connectivity index (χ0n) is 16.0. The summed E-state index contributed by atoms with van der Waals surface area (Å²) >= 11 is 0. The number of fused-ring (bicyclic) bond motifs is 1. The number of esters is 1. The molecule has 2 aromatic rings. The minimum Gasteiger partial charge on any atom is -0.459 e. The molecule has 0 saturated heterocycles. The maximum atomic E-state index is 12.3. The van der Waals surface area contributed by atoms with Crippen molar-refractivity contribution in [2.24, 2.45) is 5.92 Å². The van der Waals surface area contributed by atoms with Gasteiger partial charge in [-0.1, -0.05) is 38.1 Å². The summed E-state index contributed by atoms with van der Waals surface area (Å²) < 4.78 is 10.3. The van der Waals surface area contributed by atoms with Crippen LogP contribution in [0.15, 0.2) is 47.7 Å². The minimum absolute atomic E-state index is 0.0118. The second-order valence-electron chi connectivity index (χ2n) is 6.24. The SMILES string of the molecule is CCOCCOC(=O)/C(C#N)=C(\NCc1ccc2ccccc2n1)C(C)C. The van der Waals surface area contributed by atoms with Gasteiger partial charge in [-0.3, -0.25) is 4.98 Å². The van der Waals surface area contributed by atoms with Gasteiger partial charge in [-0.25, -0.2) is 4.79 Å². The Morgan fingerprint density at radius 2 is 2.00 bits per heavy atom. The summed E-state index contributed by atoms with van der Waals surface area (Å²) in [7, 11) is 0. The van der Waals surface area contributed by atoms with Gasteiger partial charge in [0.2, 0.25) is 0 Å². The van der Waals surface area contributed by atoms with Crippen LogP contribution in [0.25, 0.3) is 10.9 Å². The Balaban J connectivity index is 2.12. The Morgan fingerprint density at radius 3 is 2.70 bits per heavy atom. The van der Waals surface area contributed by atoms with Crippen molar-refractivity contribution in [1.82, 2.24) is 10.3 Å². The molecule has 0 unspecified atom stereocenters. The highest BCUT2D eigenvalue weighted by Crippen LogP contribution is 2.16. The Morgan fingerprint density at radius 1 is 1.22 bits per heavy atom. The molecule has 0 radical (unpaired) electrons. The van der Waals surface area contributed by atoms with Crippen LogP contribution in [0.5, 0.6) is 0 Å². The third-order valence-corrected chi connectivity index (χ3v) is 3.94. The van der Waals surface area contributed by atoms with E-state index in [0.717, 1.165) is 16.6 Å². The van der Waals surface area contributed by atoms with Crippen LogP contribution in [0.2, 0.25) is 0 Å². The molecule has 0 amide bonds. The highest BCUT2D eigenvalue weighted by atomic mass is 16.6. The Hall–Kier alpha value is -2.91. The molecule has 0 saturated carbocycles. The van der Waals surface area contributed by atoms with Crippen molar-refractivity contribution >= 4 is 16.9 Å². The van der Waals surface area contributed by atoms with Crippen LogP contribution in [0.4, 0.5) is 0 Å². The third kappa shape index (κ3) is 5.80. The van der Waals surface area contributed by atoms with Gasteiger partial charge in [-0.2, -0.15) is 5.26 Å². The number of carbonyl (C=O) groups is 1. The molecule has 0 atom stereocenters. The number of hydrogen-bond donors (Lipinski definition) is 1. The number of nitrogens with zero attached hydrogens (tertiary/aromatic N) is 2. The molecule has 0 aliphatic carbocycles. The van der Waals surface area contributed by atoms with Gasteiger partial charge in [0.1, 0.15) is 12.7 Å². The van der Waals surface area contributed by atoms with E-state index >= 15 is 0 Å². The van der Waals surface area contributed by atoms with Crippen LogP contribution >= 0.6 is 0 Å². The fraction of sp³-hybridized carbons (Fsp3) is 0.381. The summed E-state index contributed by atoms with van der Waals surface area (Å²) in [6.45, 7) is 7.10. The number of ether oxygens (including phenoxy) is 2. The molecule has 6 nitrogen and oxygen atoms in total. The van der Waals surface area contributed by atoms with Gasteiger partial charge < -0.3 is 14.8 Å². The molecule has 1 N–H and O–H groups in total. The van der Waals surface area contributed by atoms with Crippen molar-refractivity contribution < 1.29 is 14.3 Å². The van der Waals surface area contributed by atoms with E-state index in [0.29, 0.717) is 25.5 Å². The summed E-state index contributed by atoms with van der Waals surface area (Å²) in [4.78, 5) is 16.9. The number of aromatic nitrogens is 1. The second kappa shape index (κ2) is 10.3. The van der Waals surface area contributed by atoms with Crippen molar-refractivity contribution in [2.75, 3.05) is 19.8 Å². The third-order valence-electron chi connectivity index (χ3n) is 3.94. The Labute approximate surface area is 159 Å². The quantitative estimate of drug-likeness (QED) is 0.317. The zero-order valence-corrected chi connectivity index (χ0v) is 16.0. The average Bonchev–Trinajstić information content (AvgIpc) is 2.67. The molecule has 6 heteroatoms. The lowest BCUT2D eigenvalue weighted by atomic mass is 10.0. The lowest BCUT2D eigenvalue weighted by Crippen LogP contribution is -2.23. The van der Waals surface area contributed by atoms with E-state index in [9.17, 15) is 10.1 Å². The first-order valence-corrected chi connectivity index (χ1v) is 9.04. The topological polar surface area (TPSA) is 84.2 Å². The fourth-order valence-corrected chi connectivity index (χ4v) is 2.60. The number of pyridine rings is 1. The van der Waals surface area contributed by atoms with Gasteiger partial charge in [-0.15, -0.1) is 0 Å². The maximum absolute atomic E-state index is 12.3. The summed E-state index contributed by atoms with van der Waals surface area (Å²) in [6, 6.07) is 13.8. The molecular formula is C21H25N3O3. The van der Waals surface area contributed by atoms with Gasteiger partial charge in [0, 0.05) is 17.7 Å². The van der Waals surface area contributed by atoms with Gasteiger partial charge in [0.25, 0.3) is 0 Å². The number of allylic oxidation sites excluding steroid dienone is 1. The van der Waals surface area contributed by atoms with E-state index in [1.165, 1.54) is 0 Å². The van der Waals surface area contributed by atoms with Crippen molar-refractivity contribution in [3.05, 3.63) is 53.4 Å². The first-order valence-electron chi connectivity index (χ1n) is 9.04. The normalized spacial score (nSPS) is 11.8. The molecule has 1 heterocycles. The minimum atomic E-state index is -0.639. The molecule has 0 fully saturated rings. The summed E-state index contributed by atoms with van der Waals surface area (Å²) in [6.07, 6.45) is 0. The predicted molar refractivity (Wildman–Crippen MR) is 104 cm³/mol. The average molecular weight is 367 g/mol. The Bertz CT molecular complexity index is 853.